The lowest BCUT2D eigenvalue weighted by Gasteiger charge is -2.10. The number of anilines is 1. The Morgan fingerprint density at radius 1 is 1.09 bits per heavy atom. The second-order valence-electron chi connectivity index (χ2n) is 7.70. The molecule has 1 aromatic heterocycles. The maximum atomic E-state index is 12.5. The molecule has 0 atom stereocenters. The van der Waals surface area contributed by atoms with Gasteiger partial charge in [-0.15, -0.1) is 11.3 Å². The van der Waals surface area contributed by atoms with E-state index in [2.05, 4.69) is 5.32 Å². The number of nitrogens with one attached hydrogen (secondary N) is 1. The molecule has 0 bridgehead atoms. The van der Waals surface area contributed by atoms with Crippen LogP contribution in [0.25, 0.3) is 0 Å². The predicted octanol–water partition coefficient (Wildman–Crippen LogP) is 5.21. The van der Waals surface area contributed by atoms with Crippen molar-refractivity contribution in [1.82, 2.24) is 0 Å². The molecule has 32 heavy (non-hydrogen) atoms. The SMILES string of the molecule is CCOC(=O)c1c(NC(=O)CCCOc2ccc(C)cc2C)sc(C(=O)OC(C)C)c1C. The number of carbonyl (C=O) groups is 3. The molecular weight excluding hydrogens is 430 g/mol. The van der Waals surface area contributed by atoms with Gasteiger partial charge in [-0.3, -0.25) is 4.79 Å². The van der Waals surface area contributed by atoms with Crippen LogP contribution in [0.5, 0.6) is 5.75 Å². The molecule has 1 heterocycles. The summed E-state index contributed by atoms with van der Waals surface area (Å²) in [6, 6.07) is 5.94. The van der Waals surface area contributed by atoms with Gasteiger partial charge in [-0.25, -0.2) is 9.59 Å². The first-order chi connectivity index (χ1) is 15.1. The van der Waals surface area contributed by atoms with Gasteiger partial charge in [0.25, 0.3) is 0 Å². The lowest BCUT2D eigenvalue weighted by molar-refractivity contribution is -0.116. The number of rotatable bonds is 10. The van der Waals surface area contributed by atoms with E-state index < -0.39 is 11.9 Å². The zero-order valence-electron chi connectivity index (χ0n) is 19.5. The molecule has 8 heteroatoms. The van der Waals surface area contributed by atoms with E-state index in [4.69, 9.17) is 14.2 Å². The molecule has 0 spiro atoms. The van der Waals surface area contributed by atoms with Crippen LogP contribution in [0.4, 0.5) is 5.00 Å². The van der Waals surface area contributed by atoms with Gasteiger partial charge in [-0.2, -0.15) is 0 Å². The van der Waals surface area contributed by atoms with Gasteiger partial charge in [-0.1, -0.05) is 17.7 Å². The number of aryl methyl sites for hydroxylation is 2. The summed E-state index contributed by atoms with van der Waals surface area (Å²) in [5.74, 6) is -0.596. The molecule has 0 saturated heterocycles. The summed E-state index contributed by atoms with van der Waals surface area (Å²) < 4.78 is 16.1. The molecule has 1 N–H and O–H groups in total. The molecule has 0 radical (unpaired) electrons. The summed E-state index contributed by atoms with van der Waals surface area (Å²) in [5, 5.41) is 3.04. The zero-order chi connectivity index (χ0) is 23.8. The number of hydrogen-bond acceptors (Lipinski definition) is 7. The van der Waals surface area contributed by atoms with Crippen LogP contribution < -0.4 is 10.1 Å². The smallest absolute Gasteiger partial charge is 0.348 e. The average molecular weight is 462 g/mol. The van der Waals surface area contributed by atoms with Crippen molar-refractivity contribution in [1.29, 1.82) is 0 Å². The summed E-state index contributed by atoms with van der Waals surface area (Å²) in [5.41, 5.74) is 2.83. The molecule has 174 valence electrons. The highest BCUT2D eigenvalue weighted by molar-refractivity contribution is 7.18. The van der Waals surface area contributed by atoms with E-state index in [1.54, 1.807) is 27.7 Å². The summed E-state index contributed by atoms with van der Waals surface area (Å²) in [7, 11) is 0. The largest absolute Gasteiger partial charge is 0.493 e. The molecule has 0 fully saturated rings. The molecule has 2 aromatic rings. The Kier molecular flexibility index (Phi) is 9.26. The van der Waals surface area contributed by atoms with Crippen LogP contribution in [0, 0.1) is 20.8 Å². The van der Waals surface area contributed by atoms with E-state index in [0.717, 1.165) is 28.2 Å². The minimum Gasteiger partial charge on any atom is -0.493 e. The fourth-order valence-corrected chi connectivity index (χ4v) is 4.17. The van der Waals surface area contributed by atoms with Crippen LogP contribution in [0.15, 0.2) is 18.2 Å². The Hall–Kier alpha value is -2.87. The number of thiophene rings is 1. The van der Waals surface area contributed by atoms with Gasteiger partial charge >= 0.3 is 11.9 Å². The van der Waals surface area contributed by atoms with Crippen LogP contribution in [0.3, 0.4) is 0 Å². The first-order valence-electron chi connectivity index (χ1n) is 10.6. The summed E-state index contributed by atoms with van der Waals surface area (Å²) >= 11 is 1.02. The van der Waals surface area contributed by atoms with E-state index >= 15 is 0 Å². The third-order valence-corrected chi connectivity index (χ3v) is 5.73. The molecule has 0 saturated carbocycles. The topological polar surface area (TPSA) is 90.9 Å². The highest BCUT2D eigenvalue weighted by Crippen LogP contribution is 2.34. The first-order valence-corrected chi connectivity index (χ1v) is 11.5. The number of carbonyl (C=O) groups excluding carboxylic acids is 3. The molecule has 0 aliphatic carbocycles. The van der Waals surface area contributed by atoms with E-state index in [1.165, 1.54) is 0 Å². The third kappa shape index (κ3) is 6.82. The van der Waals surface area contributed by atoms with Crippen LogP contribution in [0.1, 0.15) is 70.3 Å². The molecule has 0 aliphatic heterocycles. The molecule has 2 rings (SSSR count). The fourth-order valence-electron chi connectivity index (χ4n) is 3.08. The van der Waals surface area contributed by atoms with Crippen LogP contribution in [-0.2, 0) is 14.3 Å². The maximum Gasteiger partial charge on any atom is 0.348 e. The second-order valence-corrected chi connectivity index (χ2v) is 8.72. The summed E-state index contributed by atoms with van der Waals surface area (Å²) in [4.78, 5) is 37.7. The van der Waals surface area contributed by atoms with E-state index in [1.807, 2.05) is 32.0 Å². The van der Waals surface area contributed by atoms with Crippen molar-refractivity contribution in [2.75, 3.05) is 18.5 Å². The predicted molar refractivity (Wildman–Crippen MR) is 125 cm³/mol. The minimum absolute atomic E-state index is 0.184. The summed E-state index contributed by atoms with van der Waals surface area (Å²) in [6.45, 7) is 11.4. The molecule has 0 aliphatic rings. The molecule has 7 nitrogen and oxygen atoms in total. The quantitative estimate of drug-likeness (QED) is 0.386. The highest BCUT2D eigenvalue weighted by Gasteiger charge is 2.27. The lowest BCUT2D eigenvalue weighted by Crippen LogP contribution is -2.15. The molecule has 1 aromatic carbocycles. The van der Waals surface area contributed by atoms with Gasteiger partial charge in [0.2, 0.25) is 5.91 Å². The number of esters is 2. The molecule has 0 unspecified atom stereocenters. The Labute approximate surface area is 193 Å². The van der Waals surface area contributed by atoms with Crippen molar-refractivity contribution in [3.63, 3.8) is 0 Å². The van der Waals surface area contributed by atoms with Crippen LogP contribution in [-0.4, -0.2) is 37.2 Å². The Morgan fingerprint density at radius 3 is 2.44 bits per heavy atom. The number of hydrogen-bond donors (Lipinski definition) is 1. The van der Waals surface area contributed by atoms with Gasteiger partial charge in [-0.05, 0) is 65.2 Å². The van der Waals surface area contributed by atoms with E-state index in [9.17, 15) is 14.4 Å². The van der Waals surface area contributed by atoms with Crippen molar-refractivity contribution < 1.29 is 28.6 Å². The third-order valence-electron chi connectivity index (χ3n) is 4.54. The van der Waals surface area contributed by atoms with E-state index in [-0.39, 0.29) is 40.5 Å². The molecular formula is C24H31NO6S. The van der Waals surface area contributed by atoms with Gasteiger partial charge < -0.3 is 19.5 Å². The Morgan fingerprint density at radius 2 is 1.81 bits per heavy atom. The van der Waals surface area contributed by atoms with Crippen molar-refractivity contribution in [3.05, 3.63) is 45.3 Å². The first kappa shape index (κ1) is 25.4. The fraction of sp³-hybridized carbons (Fsp3) is 0.458. The van der Waals surface area contributed by atoms with Crippen molar-refractivity contribution >= 4 is 34.2 Å². The van der Waals surface area contributed by atoms with Crippen molar-refractivity contribution in [3.8, 4) is 5.75 Å². The number of ether oxygens (including phenoxy) is 3. The van der Waals surface area contributed by atoms with E-state index in [0.29, 0.717) is 18.6 Å². The van der Waals surface area contributed by atoms with Gasteiger partial charge in [0.05, 0.1) is 24.9 Å². The van der Waals surface area contributed by atoms with Crippen molar-refractivity contribution in [2.24, 2.45) is 0 Å². The standard InChI is InChI=1S/C24H31NO6S/c1-7-29-23(27)20-17(6)21(24(28)31-14(2)3)32-22(20)25-19(26)9-8-12-30-18-11-10-15(4)13-16(18)5/h10-11,13-14H,7-9,12H2,1-6H3,(H,25,26). The minimum atomic E-state index is -0.585. The Bertz CT molecular complexity index is 979. The highest BCUT2D eigenvalue weighted by atomic mass is 32.1. The lowest BCUT2D eigenvalue weighted by atomic mass is 10.1. The van der Waals surface area contributed by atoms with Crippen molar-refractivity contribution in [2.45, 2.75) is 60.5 Å². The van der Waals surface area contributed by atoms with Gasteiger partial charge in [0, 0.05) is 6.42 Å². The zero-order valence-corrected chi connectivity index (χ0v) is 20.3. The normalized spacial score (nSPS) is 10.7. The number of amides is 1. The summed E-state index contributed by atoms with van der Waals surface area (Å²) in [6.07, 6.45) is 0.404. The average Bonchev–Trinajstić information content (AvgIpc) is 3.02. The van der Waals surface area contributed by atoms with Crippen LogP contribution >= 0.6 is 11.3 Å². The van der Waals surface area contributed by atoms with Gasteiger partial charge in [0.15, 0.2) is 0 Å². The maximum absolute atomic E-state index is 12.5. The van der Waals surface area contributed by atoms with Crippen LogP contribution in [0.2, 0.25) is 0 Å². The monoisotopic (exact) mass is 461 g/mol. The number of benzene rings is 1. The second kappa shape index (κ2) is 11.7. The molecule has 1 amide bonds. The Balaban J connectivity index is 2.04. The van der Waals surface area contributed by atoms with Gasteiger partial charge in [0.1, 0.15) is 15.6 Å².